The second kappa shape index (κ2) is 8.33. The summed E-state index contributed by atoms with van der Waals surface area (Å²) in [6.45, 7) is 0. The summed E-state index contributed by atoms with van der Waals surface area (Å²) in [5, 5.41) is 17.6. The molecule has 3 aromatic carbocycles. The summed E-state index contributed by atoms with van der Waals surface area (Å²) in [4.78, 5) is 10.8. The second-order valence-electron chi connectivity index (χ2n) is 4.73. The van der Waals surface area contributed by atoms with Crippen molar-refractivity contribution >= 4 is 28.6 Å². The zero-order valence-electron chi connectivity index (χ0n) is 12.2. The molecular weight excluding hydrogens is 403 g/mol. The molecule has 0 atom stereocenters. The van der Waals surface area contributed by atoms with Gasteiger partial charge < -0.3 is 10.2 Å². The molecule has 0 unspecified atom stereocenters. The van der Waals surface area contributed by atoms with Gasteiger partial charge in [0.15, 0.2) is 0 Å². The van der Waals surface area contributed by atoms with Crippen LogP contribution in [0.5, 0.6) is 5.75 Å². The molecule has 0 fully saturated rings. The van der Waals surface area contributed by atoms with E-state index in [2.05, 4.69) is 22.6 Å². The zero-order chi connectivity index (χ0) is 16.7. The van der Waals surface area contributed by atoms with Crippen molar-refractivity contribution in [3.63, 3.8) is 0 Å². The van der Waals surface area contributed by atoms with Crippen molar-refractivity contribution in [2.45, 2.75) is 0 Å². The molecule has 23 heavy (non-hydrogen) atoms. The molecule has 0 aliphatic rings. The van der Waals surface area contributed by atoms with Crippen LogP contribution in [0.1, 0.15) is 10.4 Å². The molecular formula is C19H15IO3. The topological polar surface area (TPSA) is 57.5 Å². The Bertz CT molecular complexity index is 747. The summed E-state index contributed by atoms with van der Waals surface area (Å²) in [6, 6.07) is 23.7. The quantitative estimate of drug-likeness (QED) is 0.573. The summed E-state index contributed by atoms with van der Waals surface area (Å²) in [6.07, 6.45) is 0. The lowest BCUT2D eigenvalue weighted by Crippen LogP contribution is -1.95. The van der Waals surface area contributed by atoms with Crippen molar-refractivity contribution in [3.8, 4) is 16.9 Å². The largest absolute Gasteiger partial charge is 0.508 e. The number of phenols is 1. The van der Waals surface area contributed by atoms with Crippen LogP contribution in [0.4, 0.5) is 0 Å². The Morgan fingerprint density at radius 3 is 1.96 bits per heavy atom. The number of carboxylic acid groups (broad SMARTS) is 1. The Hall–Kier alpha value is -2.34. The number of aromatic carboxylic acids is 1. The van der Waals surface area contributed by atoms with E-state index in [1.54, 1.807) is 30.3 Å². The molecule has 4 heteroatoms. The molecule has 0 amide bonds. The van der Waals surface area contributed by atoms with Gasteiger partial charge in [0, 0.05) is 3.57 Å². The summed E-state index contributed by atoms with van der Waals surface area (Å²) in [5.74, 6) is -0.571. The Balaban J connectivity index is 0.000000203. The molecule has 3 nitrogen and oxygen atoms in total. The van der Waals surface area contributed by atoms with Crippen molar-refractivity contribution in [3.05, 3.63) is 88.0 Å². The number of rotatable bonds is 2. The van der Waals surface area contributed by atoms with E-state index in [-0.39, 0.29) is 0 Å². The van der Waals surface area contributed by atoms with Gasteiger partial charge in [-0.15, -0.1) is 0 Å². The van der Waals surface area contributed by atoms with Gasteiger partial charge >= 0.3 is 5.97 Å². The van der Waals surface area contributed by atoms with Crippen molar-refractivity contribution in [1.82, 2.24) is 0 Å². The summed E-state index contributed by atoms with van der Waals surface area (Å²) >= 11 is 2.19. The molecule has 0 radical (unpaired) electrons. The number of halogens is 1. The van der Waals surface area contributed by atoms with Crippen LogP contribution in [-0.2, 0) is 0 Å². The van der Waals surface area contributed by atoms with Gasteiger partial charge in [-0.05, 0) is 70.1 Å². The number of carboxylic acids is 1. The molecule has 0 bridgehead atoms. The number of hydrogen-bond donors (Lipinski definition) is 2. The summed E-state index contributed by atoms with van der Waals surface area (Å²) in [7, 11) is 0. The minimum atomic E-state index is -0.896. The van der Waals surface area contributed by atoms with E-state index in [1.807, 2.05) is 48.5 Å². The molecule has 0 aliphatic heterocycles. The van der Waals surface area contributed by atoms with Gasteiger partial charge in [0.25, 0.3) is 0 Å². The third-order valence-electron chi connectivity index (χ3n) is 3.04. The number of aromatic hydroxyl groups is 1. The highest BCUT2D eigenvalue weighted by Crippen LogP contribution is 2.19. The van der Waals surface area contributed by atoms with Crippen LogP contribution in [0.3, 0.4) is 0 Å². The Morgan fingerprint density at radius 1 is 0.783 bits per heavy atom. The van der Waals surface area contributed by atoms with E-state index in [0.717, 1.165) is 14.7 Å². The predicted molar refractivity (Wildman–Crippen MR) is 99.7 cm³/mol. The van der Waals surface area contributed by atoms with E-state index in [1.165, 1.54) is 0 Å². The molecule has 0 saturated heterocycles. The highest BCUT2D eigenvalue weighted by atomic mass is 127. The Morgan fingerprint density at radius 2 is 1.39 bits per heavy atom. The lowest BCUT2D eigenvalue weighted by Gasteiger charge is -2.02. The van der Waals surface area contributed by atoms with E-state index in [0.29, 0.717) is 11.3 Å². The highest BCUT2D eigenvalue weighted by molar-refractivity contribution is 14.1. The van der Waals surface area contributed by atoms with Crippen LogP contribution in [0.25, 0.3) is 11.1 Å². The van der Waals surface area contributed by atoms with Gasteiger partial charge in [-0.25, -0.2) is 4.79 Å². The third-order valence-corrected chi connectivity index (χ3v) is 3.76. The van der Waals surface area contributed by atoms with Crippen LogP contribution in [0.15, 0.2) is 78.9 Å². The molecule has 0 saturated carbocycles. The fourth-order valence-corrected chi connectivity index (χ4v) is 2.26. The molecule has 3 aromatic rings. The van der Waals surface area contributed by atoms with Crippen LogP contribution < -0.4 is 0 Å². The molecule has 0 aliphatic carbocycles. The van der Waals surface area contributed by atoms with Gasteiger partial charge in [-0.2, -0.15) is 0 Å². The predicted octanol–water partition coefficient (Wildman–Crippen LogP) is 5.05. The van der Waals surface area contributed by atoms with E-state index in [9.17, 15) is 4.79 Å². The number of benzene rings is 3. The molecule has 3 rings (SSSR count). The second-order valence-corrected chi connectivity index (χ2v) is 5.97. The normalized spacial score (nSPS) is 9.61. The zero-order valence-corrected chi connectivity index (χ0v) is 14.3. The average Bonchev–Trinajstić information content (AvgIpc) is 2.59. The van der Waals surface area contributed by atoms with Crippen molar-refractivity contribution in [2.24, 2.45) is 0 Å². The first kappa shape index (κ1) is 17.0. The first-order valence-electron chi connectivity index (χ1n) is 6.89. The number of hydrogen-bond acceptors (Lipinski definition) is 2. The Labute approximate surface area is 148 Å². The molecule has 0 aromatic heterocycles. The maximum absolute atomic E-state index is 10.8. The lowest BCUT2D eigenvalue weighted by molar-refractivity contribution is 0.0697. The standard InChI is InChI=1S/C13H10O2.C6H5IO/c14-13(15)12-8-4-7-11(9-12)10-5-2-1-3-6-10;7-5-1-3-6(8)4-2-5/h1-9H,(H,14,15);1-4,8H. The van der Waals surface area contributed by atoms with Crippen molar-refractivity contribution in [2.75, 3.05) is 0 Å². The smallest absolute Gasteiger partial charge is 0.335 e. The summed E-state index contributed by atoms with van der Waals surface area (Å²) < 4.78 is 1.14. The minimum Gasteiger partial charge on any atom is -0.508 e. The van der Waals surface area contributed by atoms with Gasteiger partial charge in [-0.3, -0.25) is 0 Å². The van der Waals surface area contributed by atoms with E-state index in [4.69, 9.17) is 10.2 Å². The highest BCUT2D eigenvalue weighted by Gasteiger charge is 2.03. The fourth-order valence-electron chi connectivity index (χ4n) is 1.90. The van der Waals surface area contributed by atoms with E-state index >= 15 is 0 Å². The molecule has 0 spiro atoms. The third kappa shape index (κ3) is 5.41. The molecule has 2 N–H and O–H groups in total. The monoisotopic (exact) mass is 418 g/mol. The maximum atomic E-state index is 10.8. The SMILES string of the molecule is O=C(O)c1cccc(-c2ccccc2)c1.Oc1ccc(I)cc1. The van der Waals surface area contributed by atoms with Crippen LogP contribution in [-0.4, -0.2) is 16.2 Å². The fraction of sp³-hybridized carbons (Fsp3) is 0. The molecule has 0 heterocycles. The van der Waals surface area contributed by atoms with Crippen LogP contribution in [0.2, 0.25) is 0 Å². The van der Waals surface area contributed by atoms with Gasteiger partial charge in [0.2, 0.25) is 0 Å². The number of phenolic OH excluding ortho intramolecular Hbond substituents is 1. The van der Waals surface area contributed by atoms with Crippen molar-refractivity contribution < 1.29 is 15.0 Å². The van der Waals surface area contributed by atoms with Gasteiger partial charge in [-0.1, -0.05) is 42.5 Å². The lowest BCUT2D eigenvalue weighted by atomic mass is 10.0. The van der Waals surface area contributed by atoms with E-state index < -0.39 is 5.97 Å². The maximum Gasteiger partial charge on any atom is 0.335 e. The summed E-state index contributed by atoms with van der Waals surface area (Å²) in [5.41, 5.74) is 2.27. The van der Waals surface area contributed by atoms with Crippen LogP contribution >= 0.6 is 22.6 Å². The Kier molecular flexibility index (Phi) is 6.17. The minimum absolute atomic E-state index is 0.316. The first-order chi connectivity index (χ1) is 11.1. The van der Waals surface area contributed by atoms with Crippen molar-refractivity contribution in [1.29, 1.82) is 0 Å². The average molecular weight is 418 g/mol. The first-order valence-corrected chi connectivity index (χ1v) is 7.97. The van der Waals surface area contributed by atoms with Gasteiger partial charge in [0.05, 0.1) is 5.56 Å². The number of carbonyl (C=O) groups is 1. The molecule has 116 valence electrons. The van der Waals surface area contributed by atoms with Crippen LogP contribution in [0, 0.1) is 3.57 Å². The van der Waals surface area contributed by atoms with Gasteiger partial charge in [0.1, 0.15) is 5.75 Å².